The molecule has 2 aromatic rings. The summed E-state index contributed by atoms with van der Waals surface area (Å²) in [6.07, 6.45) is 5.61. The van der Waals surface area contributed by atoms with Gasteiger partial charge in [0.05, 0.1) is 13.1 Å². The molecular weight excluding hydrogens is 280 g/mol. The largest absolute Gasteiger partial charge is 0.348 e. The molecular formula is C15H20N6O. The SMILES string of the molecule is CN(CC(=O)NCc1nnc2n1CCC2)Cc1ccncc1. The van der Waals surface area contributed by atoms with E-state index in [0.717, 1.165) is 43.1 Å². The van der Waals surface area contributed by atoms with Gasteiger partial charge in [-0.05, 0) is 31.2 Å². The molecule has 3 heterocycles. The molecule has 1 aliphatic rings. The van der Waals surface area contributed by atoms with E-state index in [1.165, 1.54) is 0 Å². The van der Waals surface area contributed by atoms with Crippen LogP contribution in [0.4, 0.5) is 0 Å². The van der Waals surface area contributed by atoms with Crippen molar-refractivity contribution in [2.24, 2.45) is 0 Å². The Morgan fingerprint density at radius 2 is 2.18 bits per heavy atom. The first-order valence-corrected chi connectivity index (χ1v) is 7.47. The van der Waals surface area contributed by atoms with Crippen molar-refractivity contribution in [1.82, 2.24) is 30.0 Å². The molecule has 0 bridgehead atoms. The summed E-state index contributed by atoms with van der Waals surface area (Å²) in [5.74, 6) is 1.86. The molecule has 7 nitrogen and oxygen atoms in total. The molecule has 0 aromatic carbocycles. The van der Waals surface area contributed by atoms with Gasteiger partial charge in [-0.1, -0.05) is 0 Å². The first-order valence-electron chi connectivity index (χ1n) is 7.47. The molecule has 0 fully saturated rings. The first kappa shape index (κ1) is 14.6. The Kier molecular flexibility index (Phi) is 4.43. The summed E-state index contributed by atoms with van der Waals surface area (Å²) in [6, 6.07) is 3.90. The monoisotopic (exact) mass is 300 g/mol. The molecule has 0 atom stereocenters. The lowest BCUT2D eigenvalue weighted by Gasteiger charge is -2.16. The summed E-state index contributed by atoms with van der Waals surface area (Å²) >= 11 is 0. The molecule has 22 heavy (non-hydrogen) atoms. The Morgan fingerprint density at radius 1 is 1.36 bits per heavy atom. The number of aromatic nitrogens is 4. The molecule has 1 aliphatic heterocycles. The Hall–Kier alpha value is -2.28. The summed E-state index contributed by atoms with van der Waals surface area (Å²) in [6.45, 7) is 2.46. The maximum absolute atomic E-state index is 12.0. The number of carbonyl (C=O) groups excluding carboxylic acids is 1. The van der Waals surface area contributed by atoms with Crippen molar-refractivity contribution in [1.29, 1.82) is 0 Å². The van der Waals surface area contributed by atoms with E-state index in [0.29, 0.717) is 13.1 Å². The Balaban J connectivity index is 1.46. The molecule has 0 radical (unpaired) electrons. The highest BCUT2D eigenvalue weighted by molar-refractivity contribution is 5.77. The number of pyridine rings is 1. The lowest BCUT2D eigenvalue weighted by Crippen LogP contribution is -2.35. The third-order valence-corrected chi connectivity index (χ3v) is 3.75. The Morgan fingerprint density at radius 3 is 3.00 bits per heavy atom. The molecule has 2 aromatic heterocycles. The smallest absolute Gasteiger partial charge is 0.234 e. The van der Waals surface area contributed by atoms with Gasteiger partial charge < -0.3 is 9.88 Å². The second kappa shape index (κ2) is 6.65. The Bertz CT molecular complexity index is 639. The van der Waals surface area contributed by atoms with Crippen LogP contribution in [0, 0.1) is 0 Å². The van der Waals surface area contributed by atoms with E-state index in [9.17, 15) is 4.79 Å². The first-order chi connectivity index (χ1) is 10.7. The van der Waals surface area contributed by atoms with Crippen LogP contribution in [0.15, 0.2) is 24.5 Å². The van der Waals surface area contributed by atoms with Crippen LogP contribution < -0.4 is 5.32 Å². The number of hydrogen-bond donors (Lipinski definition) is 1. The van der Waals surface area contributed by atoms with Gasteiger partial charge in [-0.2, -0.15) is 0 Å². The van der Waals surface area contributed by atoms with E-state index in [4.69, 9.17) is 0 Å². The van der Waals surface area contributed by atoms with E-state index in [2.05, 4.69) is 25.1 Å². The van der Waals surface area contributed by atoms with Gasteiger partial charge in [-0.3, -0.25) is 14.7 Å². The summed E-state index contributed by atoms with van der Waals surface area (Å²) in [5, 5.41) is 11.2. The van der Waals surface area contributed by atoms with Crippen molar-refractivity contribution in [2.75, 3.05) is 13.6 Å². The summed E-state index contributed by atoms with van der Waals surface area (Å²) in [5.41, 5.74) is 1.14. The fraction of sp³-hybridized carbons (Fsp3) is 0.467. The van der Waals surface area contributed by atoms with Gasteiger partial charge in [0.2, 0.25) is 5.91 Å². The van der Waals surface area contributed by atoms with Crippen molar-refractivity contribution < 1.29 is 4.79 Å². The van der Waals surface area contributed by atoms with Crippen LogP contribution in [0.3, 0.4) is 0 Å². The average Bonchev–Trinajstić information content (AvgIpc) is 3.09. The topological polar surface area (TPSA) is 75.9 Å². The second-order valence-electron chi connectivity index (χ2n) is 5.59. The number of aryl methyl sites for hydroxylation is 1. The number of nitrogens with zero attached hydrogens (tertiary/aromatic N) is 5. The maximum Gasteiger partial charge on any atom is 0.234 e. The van der Waals surface area contributed by atoms with Crippen molar-refractivity contribution >= 4 is 5.91 Å². The van der Waals surface area contributed by atoms with E-state index in [1.807, 2.05) is 24.1 Å². The fourth-order valence-electron chi connectivity index (χ4n) is 2.68. The molecule has 1 N–H and O–H groups in total. The van der Waals surface area contributed by atoms with Gasteiger partial charge in [0.1, 0.15) is 5.82 Å². The maximum atomic E-state index is 12.0. The Labute approximate surface area is 129 Å². The van der Waals surface area contributed by atoms with Gasteiger partial charge in [-0.25, -0.2) is 0 Å². The highest BCUT2D eigenvalue weighted by Gasteiger charge is 2.17. The number of rotatable bonds is 6. The lowest BCUT2D eigenvalue weighted by atomic mass is 10.2. The zero-order valence-electron chi connectivity index (χ0n) is 12.7. The van der Waals surface area contributed by atoms with Crippen LogP contribution in [0.1, 0.15) is 23.6 Å². The molecule has 0 aliphatic carbocycles. The van der Waals surface area contributed by atoms with Crippen LogP contribution in [0.2, 0.25) is 0 Å². The minimum absolute atomic E-state index is 0.00750. The summed E-state index contributed by atoms with van der Waals surface area (Å²) in [7, 11) is 1.93. The van der Waals surface area contributed by atoms with Crippen LogP contribution in [0.25, 0.3) is 0 Å². The molecule has 0 saturated heterocycles. The van der Waals surface area contributed by atoms with E-state index in [1.54, 1.807) is 12.4 Å². The number of carbonyl (C=O) groups is 1. The predicted octanol–water partition coefficient (Wildman–Crippen LogP) is 0.368. The van der Waals surface area contributed by atoms with Crippen molar-refractivity contribution in [3.05, 3.63) is 41.7 Å². The molecule has 0 spiro atoms. The van der Waals surface area contributed by atoms with Gasteiger partial charge in [0, 0.05) is 31.9 Å². The normalized spacial score (nSPS) is 13.4. The quantitative estimate of drug-likeness (QED) is 0.834. The summed E-state index contributed by atoms with van der Waals surface area (Å²) in [4.78, 5) is 18.0. The van der Waals surface area contributed by atoms with Crippen LogP contribution in [-0.4, -0.2) is 44.1 Å². The number of nitrogens with one attached hydrogen (secondary N) is 1. The number of likely N-dealkylation sites (N-methyl/N-ethyl adjacent to an activating group) is 1. The van der Waals surface area contributed by atoms with Gasteiger partial charge in [0.15, 0.2) is 5.82 Å². The minimum Gasteiger partial charge on any atom is -0.348 e. The zero-order valence-corrected chi connectivity index (χ0v) is 12.7. The molecule has 0 unspecified atom stereocenters. The predicted molar refractivity (Wildman–Crippen MR) is 80.8 cm³/mol. The van der Waals surface area contributed by atoms with Crippen LogP contribution >= 0.6 is 0 Å². The van der Waals surface area contributed by atoms with E-state index in [-0.39, 0.29) is 5.91 Å². The molecule has 0 saturated carbocycles. The van der Waals surface area contributed by atoms with Crippen molar-refractivity contribution in [3.8, 4) is 0 Å². The minimum atomic E-state index is -0.00750. The van der Waals surface area contributed by atoms with Gasteiger partial charge in [0.25, 0.3) is 0 Å². The fourth-order valence-corrected chi connectivity index (χ4v) is 2.68. The van der Waals surface area contributed by atoms with Gasteiger partial charge in [-0.15, -0.1) is 10.2 Å². The lowest BCUT2D eigenvalue weighted by molar-refractivity contribution is -0.122. The molecule has 3 rings (SSSR count). The highest BCUT2D eigenvalue weighted by atomic mass is 16.2. The molecule has 1 amide bonds. The van der Waals surface area contributed by atoms with E-state index >= 15 is 0 Å². The third-order valence-electron chi connectivity index (χ3n) is 3.75. The summed E-state index contributed by atoms with van der Waals surface area (Å²) < 4.78 is 2.10. The van der Waals surface area contributed by atoms with Crippen LogP contribution in [0.5, 0.6) is 0 Å². The second-order valence-corrected chi connectivity index (χ2v) is 5.59. The molecule has 116 valence electrons. The number of fused-ring (bicyclic) bond motifs is 1. The third kappa shape index (κ3) is 3.48. The van der Waals surface area contributed by atoms with Gasteiger partial charge >= 0.3 is 0 Å². The molecule has 7 heteroatoms. The number of hydrogen-bond acceptors (Lipinski definition) is 5. The van der Waals surface area contributed by atoms with Crippen molar-refractivity contribution in [3.63, 3.8) is 0 Å². The average molecular weight is 300 g/mol. The van der Waals surface area contributed by atoms with E-state index < -0.39 is 0 Å². The van der Waals surface area contributed by atoms with Crippen molar-refractivity contribution in [2.45, 2.75) is 32.5 Å². The zero-order chi connectivity index (χ0) is 15.4. The highest BCUT2D eigenvalue weighted by Crippen LogP contribution is 2.13. The van der Waals surface area contributed by atoms with Crippen LogP contribution in [-0.2, 0) is 30.8 Å². The standard InChI is InChI=1S/C15H20N6O/c1-20(10-12-4-6-16-7-5-12)11-15(22)17-9-14-19-18-13-3-2-8-21(13)14/h4-7H,2-3,8-11H2,1H3,(H,17,22). The number of amides is 1.